The second-order valence-corrected chi connectivity index (χ2v) is 5.35. The number of aromatic nitrogens is 2. The molecule has 2 rings (SSSR count). The fraction of sp³-hybridized carbons (Fsp3) is 0.562. The van der Waals surface area contributed by atoms with E-state index in [0.717, 1.165) is 19.5 Å². The van der Waals surface area contributed by atoms with Crippen molar-refractivity contribution in [2.45, 2.75) is 52.6 Å². The summed E-state index contributed by atoms with van der Waals surface area (Å²) in [4.78, 5) is 0. The van der Waals surface area contributed by atoms with E-state index in [4.69, 9.17) is 5.10 Å². The lowest BCUT2D eigenvalue weighted by Crippen LogP contribution is -2.23. The van der Waals surface area contributed by atoms with Gasteiger partial charge in [0.1, 0.15) is 0 Å². The molecule has 0 bridgehead atoms. The Hall–Kier alpha value is -1.35. The third-order valence-corrected chi connectivity index (χ3v) is 3.43. The lowest BCUT2D eigenvalue weighted by atomic mass is 10.1. The summed E-state index contributed by atoms with van der Waals surface area (Å²) in [6, 6.07) is 9.13. The topological polar surface area (TPSA) is 29.9 Å². The van der Waals surface area contributed by atoms with Crippen LogP contribution in [0.15, 0.2) is 24.3 Å². The number of unbranched alkanes of at least 4 members (excludes halogenated alkanes) is 1. The molecule has 1 heterocycles. The molecule has 0 fully saturated rings. The van der Waals surface area contributed by atoms with E-state index in [1.165, 1.54) is 29.4 Å². The Bertz CT molecular complexity index is 514. The Morgan fingerprint density at radius 3 is 2.74 bits per heavy atom. The lowest BCUT2D eigenvalue weighted by molar-refractivity contribution is 0.554. The molecule has 0 unspecified atom stereocenters. The number of nitrogens with zero attached hydrogens (tertiary/aromatic N) is 2. The summed E-state index contributed by atoms with van der Waals surface area (Å²) in [7, 11) is 0. The van der Waals surface area contributed by atoms with Gasteiger partial charge in [-0.2, -0.15) is 5.10 Å². The third kappa shape index (κ3) is 3.57. The molecule has 1 aromatic heterocycles. The normalized spacial score (nSPS) is 11.6. The first kappa shape index (κ1) is 14.1. The average molecular weight is 259 g/mol. The first-order valence-electron chi connectivity index (χ1n) is 7.40. The van der Waals surface area contributed by atoms with Crippen LogP contribution in [0, 0.1) is 0 Å². The van der Waals surface area contributed by atoms with Crippen LogP contribution in [-0.2, 0) is 13.0 Å². The quantitative estimate of drug-likeness (QED) is 0.773. The molecule has 0 aliphatic heterocycles. The molecular formula is C16H25N3. The van der Waals surface area contributed by atoms with Crippen LogP contribution in [-0.4, -0.2) is 22.4 Å². The zero-order valence-corrected chi connectivity index (χ0v) is 12.3. The van der Waals surface area contributed by atoms with Crippen LogP contribution in [0.25, 0.3) is 10.9 Å². The van der Waals surface area contributed by atoms with E-state index in [2.05, 4.69) is 55.0 Å². The Morgan fingerprint density at radius 2 is 2.00 bits per heavy atom. The van der Waals surface area contributed by atoms with Crippen LogP contribution in [0.2, 0.25) is 0 Å². The highest BCUT2D eigenvalue weighted by Gasteiger charge is 2.08. The molecule has 19 heavy (non-hydrogen) atoms. The van der Waals surface area contributed by atoms with E-state index in [-0.39, 0.29) is 0 Å². The Balaban J connectivity index is 1.97. The largest absolute Gasteiger partial charge is 0.315 e. The van der Waals surface area contributed by atoms with Crippen molar-refractivity contribution in [3.63, 3.8) is 0 Å². The molecule has 1 aromatic carbocycles. The summed E-state index contributed by atoms with van der Waals surface area (Å²) in [5.41, 5.74) is 2.52. The van der Waals surface area contributed by atoms with Crippen LogP contribution in [0.4, 0.5) is 0 Å². The van der Waals surface area contributed by atoms with Crippen LogP contribution in [0.3, 0.4) is 0 Å². The number of fused-ring (bicyclic) bond motifs is 1. The highest BCUT2D eigenvalue weighted by Crippen LogP contribution is 2.19. The number of para-hydroxylation sites is 1. The molecule has 3 heteroatoms. The predicted molar refractivity (Wildman–Crippen MR) is 81.5 cm³/mol. The van der Waals surface area contributed by atoms with Crippen molar-refractivity contribution in [3.05, 3.63) is 30.0 Å². The van der Waals surface area contributed by atoms with Crippen molar-refractivity contribution in [1.82, 2.24) is 15.1 Å². The van der Waals surface area contributed by atoms with Crippen LogP contribution in [0.5, 0.6) is 0 Å². The van der Waals surface area contributed by atoms with E-state index < -0.39 is 0 Å². The highest BCUT2D eigenvalue weighted by atomic mass is 15.3. The van der Waals surface area contributed by atoms with Gasteiger partial charge in [0.15, 0.2) is 0 Å². The SMILES string of the molecule is CCn1nc(CCCCNC(C)C)c2ccccc21. The maximum absolute atomic E-state index is 4.74. The number of hydrogen-bond acceptors (Lipinski definition) is 2. The van der Waals surface area contributed by atoms with Crippen molar-refractivity contribution in [3.8, 4) is 0 Å². The smallest absolute Gasteiger partial charge is 0.0703 e. The molecule has 0 saturated carbocycles. The van der Waals surface area contributed by atoms with E-state index in [1.54, 1.807) is 0 Å². The first-order valence-corrected chi connectivity index (χ1v) is 7.40. The molecule has 1 N–H and O–H groups in total. The van der Waals surface area contributed by atoms with Crippen molar-refractivity contribution in [2.75, 3.05) is 6.54 Å². The lowest BCUT2D eigenvalue weighted by Gasteiger charge is -2.06. The van der Waals surface area contributed by atoms with Crippen molar-refractivity contribution in [1.29, 1.82) is 0 Å². The summed E-state index contributed by atoms with van der Waals surface area (Å²) in [6.07, 6.45) is 3.49. The number of nitrogens with one attached hydrogen (secondary N) is 1. The minimum atomic E-state index is 0.583. The monoisotopic (exact) mass is 259 g/mol. The van der Waals surface area contributed by atoms with Gasteiger partial charge in [-0.25, -0.2) is 0 Å². The van der Waals surface area contributed by atoms with Crippen LogP contribution < -0.4 is 5.32 Å². The second kappa shape index (κ2) is 6.71. The van der Waals surface area contributed by atoms with Gasteiger partial charge in [-0.1, -0.05) is 32.0 Å². The predicted octanol–water partition coefficient (Wildman–Crippen LogP) is 3.38. The molecule has 2 aromatic rings. The van der Waals surface area contributed by atoms with Crippen molar-refractivity contribution >= 4 is 10.9 Å². The van der Waals surface area contributed by atoms with Gasteiger partial charge in [0.2, 0.25) is 0 Å². The van der Waals surface area contributed by atoms with Crippen LogP contribution in [0.1, 0.15) is 39.3 Å². The Kier molecular flexibility index (Phi) is 4.97. The molecule has 0 aliphatic carbocycles. The molecule has 0 saturated heterocycles. The Labute approximate surface area is 116 Å². The number of aryl methyl sites for hydroxylation is 2. The molecule has 3 nitrogen and oxygen atoms in total. The fourth-order valence-electron chi connectivity index (χ4n) is 2.43. The zero-order chi connectivity index (χ0) is 13.7. The maximum atomic E-state index is 4.74. The fourth-order valence-corrected chi connectivity index (χ4v) is 2.43. The van der Waals surface area contributed by atoms with E-state index in [9.17, 15) is 0 Å². The van der Waals surface area contributed by atoms with E-state index in [0.29, 0.717) is 6.04 Å². The summed E-state index contributed by atoms with van der Waals surface area (Å²) in [6.45, 7) is 8.57. The van der Waals surface area contributed by atoms with Crippen molar-refractivity contribution in [2.24, 2.45) is 0 Å². The van der Waals surface area contributed by atoms with Gasteiger partial charge < -0.3 is 5.32 Å². The number of hydrogen-bond donors (Lipinski definition) is 1. The first-order chi connectivity index (χ1) is 9.22. The molecular weight excluding hydrogens is 234 g/mol. The van der Waals surface area contributed by atoms with Gasteiger partial charge in [-0.15, -0.1) is 0 Å². The number of rotatable bonds is 7. The summed E-state index contributed by atoms with van der Waals surface area (Å²) >= 11 is 0. The second-order valence-electron chi connectivity index (χ2n) is 5.35. The summed E-state index contributed by atoms with van der Waals surface area (Å²) < 4.78 is 2.11. The molecule has 0 atom stereocenters. The third-order valence-electron chi connectivity index (χ3n) is 3.43. The van der Waals surface area contributed by atoms with E-state index >= 15 is 0 Å². The number of benzene rings is 1. The summed E-state index contributed by atoms with van der Waals surface area (Å²) in [5, 5.41) is 9.52. The van der Waals surface area contributed by atoms with Gasteiger partial charge in [0, 0.05) is 18.0 Å². The van der Waals surface area contributed by atoms with Crippen molar-refractivity contribution < 1.29 is 0 Å². The molecule has 0 radical (unpaired) electrons. The van der Waals surface area contributed by atoms with Gasteiger partial charge >= 0.3 is 0 Å². The van der Waals surface area contributed by atoms with Crippen LogP contribution >= 0.6 is 0 Å². The van der Waals surface area contributed by atoms with Gasteiger partial charge in [-0.05, 0) is 38.8 Å². The van der Waals surface area contributed by atoms with E-state index in [1.807, 2.05) is 0 Å². The van der Waals surface area contributed by atoms with Gasteiger partial charge in [0.05, 0.1) is 11.2 Å². The molecule has 0 spiro atoms. The molecule has 0 amide bonds. The standard InChI is InChI=1S/C16H25N3/c1-4-19-16-11-6-5-9-14(16)15(18-19)10-7-8-12-17-13(2)3/h5-6,9,11,13,17H,4,7-8,10,12H2,1-3H3. The average Bonchev–Trinajstić information content (AvgIpc) is 2.76. The highest BCUT2D eigenvalue weighted by molar-refractivity contribution is 5.81. The molecule has 104 valence electrons. The van der Waals surface area contributed by atoms with Gasteiger partial charge in [-0.3, -0.25) is 4.68 Å². The van der Waals surface area contributed by atoms with Gasteiger partial charge in [0.25, 0.3) is 0 Å². The zero-order valence-electron chi connectivity index (χ0n) is 12.3. The Morgan fingerprint density at radius 1 is 1.21 bits per heavy atom. The summed E-state index contributed by atoms with van der Waals surface area (Å²) in [5.74, 6) is 0. The molecule has 0 aliphatic rings. The maximum Gasteiger partial charge on any atom is 0.0703 e. The minimum absolute atomic E-state index is 0.583. The minimum Gasteiger partial charge on any atom is -0.315 e.